The highest BCUT2D eigenvalue weighted by molar-refractivity contribution is 5.82. The number of hydrogen-bond acceptors (Lipinski definition) is 4. The molecule has 21 heavy (non-hydrogen) atoms. The lowest BCUT2D eigenvalue weighted by Gasteiger charge is -2.44. The Kier molecular flexibility index (Phi) is 6.02. The van der Waals surface area contributed by atoms with Gasteiger partial charge in [0.1, 0.15) is 0 Å². The number of likely N-dealkylation sites (tertiary alicyclic amines) is 1. The van der Waals surface area contributed by atoms with Crippen molar-refractivity contribution in [2.24, 2.45) is 0 Å². The predicted octanol–water partition coefficient (Wildman–Crippen LogP) is 0.774. The summed E-state index contributed by atoms with van der Waals surface area (Å²) in [5.74, 6) is 0.297. The molecular formula is C16H31N3O2. The second-order valence-electron chi connectivity index (χ2n) is 6.65. The topological polar surface area (TPSA) is 47.0 Å². The van der Waals surface area contributed by atoms with Crippen LogP contribution in [-0.4, -0.2) is 83.2 Å². The van der Waals surface area contributed by atoms with E-state index in [0.29, 0.717) is 18.0 Å². The molecule has 0 aromatic heterocycles. The Balaban J connectivity index is 1.90. The van der Waals surface area contributed by atoms with Gasteiger partial charge < -0.3 is 10.0 Å². The molecule has 0 bridgehead atoms. The van der Waals surface area contributed by atoms with Gasteiger partial charge in [0, 0.05) is 44.8 Å². The quantitative estimate of drug-likeness (QED) is 0.833. The molecule has 0 radical (unpaired) electrons. The Labute approximate surface area is 128 Å². The molecule has 2 aliphatic heterocycles. The molecule has 2 saturated heterocycles. The van der Waals surface area contributed by atoms with Crippen LogP contribution in [0.4, 0.5) is 0 Å². The van der Waals surface area contributed by atoms with Gasteiger partial charge in [-0.15, -0.1) is 0 Å². The number of carbonyl (C=O) groups excluding carboxylic acids is 1. The monoisotopic (exact) mass is 297 g/mol. The van der Waals surface area contributed by atoms with Gasteiger partial charge in [0.05, 0.1) is 12.6 Å². The molecule has 3 atom stereocenters. The van der Waals surface area contributed by atoms with Gasteiger partial charge in [0.25, 0.3) is 0 Å². The van der Waals surface area contributed by atoms with Crippen LogP contribution in [0.5, 0.6) is 0 Å². The first-order valence-electron chi connectivity index (χ1n) is 8.44. The van der Waals surface area contributed by atoms with E-state index < -0.39 is 0 Å². The van der Waals surface area contributed by atoms with Crippen molar-refractivity contribution in [1.29, 1.82) is 0 Å². The van der Waals surface area contributed by atoms with Gasteiger partial charge >= 0.3 is 0 Å². The van der Waals surface area contributed by atoms with Crippen LogP contribution in [0.15, 0.2) is 0 Å². The summed E-state index contributed by atoms with van der Waals surface area (Å²) in [5, 5.41) is 8.99. The van der Waals surface area contributed by atoms with Gasteiger partial charge in [0.15, 0.2) is 0 Å². The van der Waals surface area contributed by atoms with Crippen molar-refractivity contribution in [2.45, 2.75) is 58.2 Å². The standard InChI is InChI=1S/C16H31N3O2/c1-13-5-4-6-14(2)19(13)16(21)15(3)18-9-7-17(8-10-18)11-12-20/h13-15,20H,4-12H2,1-3H3. The number of aliphatic hydroxyl groups excluding tert-OH is 1. The van der Waals surface area contributed by atoms with E-state index in [-0.39, 0.29) is 12.6 Å². The number of piperidine rings is 1. The maximum Gasteiger partial charge on any atom is 0.240 e. The van der Waals surface area contributed by atoms with Crippen LogP contribution in [0.25, 0.3) is 0 Å². The summed E-state index contributed by atoms with van der Waals surface area (Å²) in [5.41, 5.74) is 0. The molecule has 2 fully saturated rings. The van der Waals surface area contributed by atoms with Crippen molar-refractivity contribution in [1.82, 2.24) is 14.7 Å². The maximum atomic E-state index is 12.9. The molecule has 0 spiro atoms. The largest absolute Gasteiger partial charge is 0.395 e. The highest BCUT2D eigenvalue weighted by Gasteiger charge is 2.34. The lowest BCUT2D eigenvalue weighted by atomic mass is 9.96. The highest BCUT2D eigenvalue weighted by Crippen LogP contribution is 2.24. The lowest BCUT2D eigenvalue weighted by Crippen LogP contribution is -2.58. The SMILES string of the molecule is CC(C(=O)N1C(C)CCCC1C)N1CCN(CCO)CC1. The number of aliphatic hydroxyl groups is 1. The smallest absolute Gasteiger partial charge is 0.240 e. The first-order valence-corrected chi connectivity index (χ1v) is 8.44. The van der Waals surface area contributed by atoms with E-state index in [0.717, 1.165) is 45.6 Å². The van der Waals surface area contributed by atoms with Crippen molar-refractivity contribution in [2.75, 3.05) is 39.3 Å². The van der Waals surface area contributed by atoms with Crippen molar-refractivity contribution < 1.29 is 9.90 Å². The number of amides is 1. The van der Waals surface area contributed by atoms with Crippen LogP contribution in [0.3, 0.4) is 0 Å². The summed E-state index contributed by atoms with van der Waals surface area (Å²) < 4.78 is 0. The summed E-state index contributed by atoms with van der Waals surface area (Å²) in [7, 11) is 0. The average molecular weight is 297 g/mol. The van der Waals surface area contributed by atoms with Crippen molar-refractivity contribution in [3.8, 4) is 0 Å². The second kappa shape index (κ2) is 7.56. The van der Waals surface area contributed by atoms with Gasteiger partial charge in [-0.2, -0.15) is 0 Å². The van der Waals surface area contributed by atoms with Gasteiger partial charge in [-0.25, -0.2) is 0 Å². The third-order valence-electron chi connectivity index (χ3n) is 5.18. The van der Waals surface area contributed by atoms with E-state index in [1.165, 1.54) is 6.42 Å². The Morgan fingerprint density at radius 1 is 1.14 bits per heavy atom. The molecule has 0 aliphatic carbocycles. The van der Waals surface area contributed by atoms with Gasteiger partial charge in [-0.05, 0) is 40.0 Å². The fourth-order valence-corrected chi connectivity index (χ4v) is 3.74. The molecule has 0 aromatic carbocycles. The molecule has 1 amide bonds. The van der Waals surface area contributed by atoms with Crippen molar-refractivity contribution >= 4 is 5.91 Å². The van der Waals surface area contributed by atoms with E-state index >= 15 is 0 Å². The number of rotatable bonds is 4. The minimum atomic E-state index is -0.0238. The zero-order valence-electron chi connectivity index (χ0n) is 13.8. The highest BCUT2D eigenvalue weighted by atomic mass is 16.3. The van der Waals surface area contributed by atoms with E-state index in [1.807, 2.05) is 0 Å². The molecule has 1 N–H and O–H groups in total. The normalized spacial score (nSPS) is 30.4. The minimum Gasteiger partial charge on any atom is -0.395 e. The Morgan fingerprint density at radius 3 is 2.24 bits per heavy atom. The third-order valence-corrected chi connectivity index (χ3v) is 5.18. The average Bonchev–Trinajstić information content (AvgIpc) is 2.47. The summed E-state index contributed by atoms with van der Waals surface area (Å²) in [6.07, 6.45) is 3.50. The third kappa shape index (κ3) is 3.96. The number of carbonyl (C=O) groups is 1. The Hall–Kier alpha value is -0.650. The first-order chi connectivity index (χ1) is 10.0. The van der Waals surface area contributed by atoms with E-state index in [4.69, 9.17) is 5.11 Å². The number of piperazine rings is 1. The van der Waals surface area contributed by atoms with Gasteiger partial charge in [0.2, 0.25) is 5.91 Å². The maximum absolute atomic E-state index is 12.9. The first kappa shape index (κ1) is 16.7. The van der Waals surface area contributed by atoms with Crippen LogP contribution < -0.4 is 0 Å². The van der Waals surface area contributed by atoms with Crippen LogP contribution in [0.2, 0.25) is 0 Å². The minimum absolute atomic E-state index is 0.0238. The molecule has 5 heteroatoms. The van der Waals surface area contributed by atoms with Crippen LogP contribution in [-0.2, 0) is 4.79 Å². The molecular weight excluding hydrogens is 266 g/mol. The molecule has 0 saturated carbocycles. The van der Waals surface area contributed by atoms with Crippen molar-refractivity contribution in [3.05, 3.63) is 0 Å². The summed E-state index contributed by atoms with van der Waals surface area (Å²) in [6.45, 7) is 11.1. The Morgan fingerprint density at radius 2 is 1.71 bits per heavy atom. The fraction of sp³-hybridized carbons (Fsp3) is 0.938. The van der Waals surface area contributed by atoms with Gasteiger partial charge in [-0.3, -0.25) is 14.6 Å². The van der Waals surface area contributed by atoms with E-state index in [1.54, 1.807) is 0 Å². The second-order valence-corrected chi connectivity index (χ2v) is 6.65. The number of nitrogens with zero attached hydrogens (tertiary/aromatic N) is 3. The van der Waals surface area contributed by atoms with Crippen LogP contribution in [0, 0.1) is 0 Å². The van der Waals surface area contributed by atoms with Crippen LogP contribution in [0.1, 0.15) is 40.0 Å². The molecule has 2 heterocycles. The van der Waals surface area contributed by atoms with E-state index in [9.17, 15) is 4.79 Å². The summed E-state index contributed by atoms with van der Waals surface area (Å²) in [6, 6.07) is 0.725. The molecule has 2 aliphatic rings. The lowest BCUT2D eigenvalue weighted by molar-refractivity contribution is -0.143. The van der Waals surface area contributed by atoms with Gasteiger partial charge in [-0.1, -0.05) is 0 Å². The Bertz CT molecular complexity index is 332. The molecule has 0 aromatic rings. The molecule has 5 nitrogen and oxygen atoms in total. The zero-order valence-corrected chi connectivity index (χ0v) is 13.8. The number of β-amino-alcohol motifs (C(OH)–C–C–N with tert-alkyl or cyclic N) is 1. The van der Waals surface area contributed by atoms with Crippen molar-refractivity contribution in [3.63, 3.8) is 0 Å². The molecule has 3 unspecified atom stereocenters. The van der Waals surface area contributed by atoms with Crippen LogP contribution >= 0.6 is 0 Å². The summed E-state index contributed by atoms with van der Waals surface area (Å²) >= 11 is 0. The predicted molar refractivity (Wildman–Crippen MR) is 84.2 cm³/mol. The summed E-state index contributed by atoms with van der Waals surface area (Å²) in [4.78, 5) is 19.5. The zero-order chi connectivity index (χ0) is 15.4. The molecule has 122 valence electrons. The molecule has 2 rings (SSSR count). The number of hydrogen-bond donors (Lipinski definition) is 1. The fourth-order valence-electron chi connectivity index (χ4n) is 3.74. The van der Waals surface area contributed by atoms with E-state index in [2.05, 4.69) is 35.5 Å².